The highest BCUT2D eigenvalue weighted by Crippen LogP contribution is 2.21. The van der Waals surface area contributed by atoms with E-state index in [1.165, 1.54) is 18.2 Å². The number of hydrogen-bond donors (Lipinski definition) is 1. The van der Waals surface area contributed by atoms with E-state index in [9.17, 15) is 10.1 Å². The van der Waals surface area contributed by atoms with Crippen molar-refractivity contribution in [2.24, 2.45) is 0 Å². The van der Waals surface area contributed by atoms with E-state index < -0.39 is 0 Å². The molecular formula is C18H23N6O2S+. The van der Waals surface area contributed by atoms with E-state index >= 15 is 0 Å². The lowest BCUT2D eigenvalue weighted by molar-refractivity contribution is -0.759. The van der Waals surface area contributed by atoms with Crippen LogP contribution in [0.1, 0.15) is 43.9 Å². The summed E-state index contributed by atoms with van der Waals surface area (Å²) in [4.78, 5) is 18.4. The quantitative estimate of drug-likeness (QED) is 0.573. The largest absolute Gasteiger partial charge is 0.305 e. The molecule has 0 radical (unpaired) electrons. The maximum atomic E-state index is 12.2. The van der Waals surface area contributed by atoms with Crippen molar-refractivity contribution < 1.29 is 14.1 Å². The molecule has 3 heterocycles. The minimum absolute atomic E-state index is 0.141. The molecule has 9 heteroatoms. The van der Waals surface area contributed by atoms with Gasteiger partial charge in [0.2, 0.25) is 11.2 Å². The molecule has 0 saturated carbocycles. The van der Waals surface area contributed by atoms with E-state index in [-0.39, 0.29) is 11.7 Å². The standard InChI is InChI=1S/C18H22N6O2S/c1-2-6-15-8-7-14(11-19)18(20-15)27-13-16(25)21-17-12-24(22-26-17)23-9-4-3-5-10-23/h7-8,12H,2-6,9-10,13H2,1H3/p+1. The van der Waals surface area contributed by atoms with Crippen LogP contribution in [0.3, 0.4) is 0 Å². The number of carbonyl (C=O) groups excluding carboxylic acids is 1. The van der Waals surface area contributed by atoms with Crippen LogP contribution in [0.4, 0.5) is 5.88 Å². The van der Waals surface area contributed by atoms with Gasteiger partial charge in [-0.25, -0.2) is 4.98 Å². The number of thioether (sulfide) groups is 1. The van der Waals surface area contributed by atoms with E-state index in [0.29, 0.717) is 16.5 Å². The maximum Gasteiger partial charge on any atom is 0.305 e. The number of aryl methyl sites for hydroxylation is 1. The van der Waals surface area contributed by atoms with Gasteiger partial charge in [0.25, 0.3) is 6.20 Å². The Morgan fingerprint density at radius 1 is 1.41 bits per heavy atom. The monoisotopic (exact) mass is 387 g/mol. The van der Waals surface area contributed by atoms with Gasteiger partial charge in [-0.2, -0.15) is 10.3 Å². The second-order valence-electron chi connectivity index (χ2n) is 6.35. The van der Waals surface area contributed by atoms with Crippen molar-refractivity contribution in [2.45, 2.75) is 44.1 Å². The van der Waals surface area contributed by atoms with Gasteiger partial charge >= 0.3 is 5.88 Å². The molecule has 0 aromatic carbocycles. The van der Waals surface area contributed by atoms with Crippen molar-refractivity contribution in [3.05, 3.63) is 29.6 Å². The molecule has 1 amide bonds. The molecule has 0 aliphatic carbocycles. The summed E-state index contributed by atoms with van der Waals surface area (Å²) in [5.74, 6) is 0.217. The Morgan fingerprint density at radius 3 is 2.96 bits per heavy atom. The Balaban J connectivity index is 1.56. The van der Waals surface area contributed by atoms with Crippen LogP contribution in [0.25, 0.3) is 0 Å². The van der Waals surface area contributed by atoms with Crippen molar-refractivity contribution >= 4 is 23.6 Å². The van der Waals surface area contributed by atoms with Crippen molar-refractivity contribution in [3.8, 4) is 6.07 Å². The lowest BCUT2D eigenvalue weighted by Crippen LogP contribution is -2.60. The molecule has 1 aliphatic heterocycles. The first kappa shape index (κ1) is 19.2. The first-order valence-electron chi connectivity index (χ1n) is 9.16. The van der Waals surface area contributed by atoms with Crippen molar-refractivity contribution in [1.82, 2.24) is 10.3 Å². The highest BCUT2D eigenvalue weighted by Gasteiger charge is 2.23. The van der Waals surface area contributed by atoms with Gasteiger partial charge in [-0.3, -0.25) is 14.6 Å². The van der Waals surface area contributed by atoms with Crippen LogP contribution in [0.15, 0.2) is 27.9 Å². The molecule has 0 spiro atoms. The van der Waals surface area contributed by atoms with E-state index in [4.69, 9.17) is 4.52 Å². The Bertz CT molecular complexity index is 825. The van der Waals surface area contributed by atoms with E-state index in [2.05, 4.69) is 33.6 Å². The van der Waals surface area contributed by atoms with Crippen LogP contribution >= 0.6 is 11.8 Å². The first-order chi connectivity index (χ1) is 13.2. The van der Waals surface area contributed by atoms with Crippen molar-refractivity contribution in [1.29, 1.82) is 5.26 Å². The van der Waals surface area contributed by atoms with Crippen LogP contribution in [0.2, 0.25) is 0 Å². The van der Waals surface area contributed by atoms with E-state index in [1.807, 2.05) is 6.07 Å². The lowest BCUT2D eigenvalue weighted by Gasteiger charge is -2.17. The predicted octanol–water partition coefficient (Wildman–Crippen LogP) is 2.03. The molecule has 2 aromatic heterocycles. The van der Waals surface area contributed by atoms with Crippen LogP contribution in [0, 0.1) is 11.3 Å². The number of rotatable bonds is 7. The molecule has 0 atom stereocenters. The normalized spacial score (nSPS) is 14.0. The van der Waals surface area contributed by atoms with E-state index in [0.717, 1.165) is 44.5 Å². The number of anilines is 1. The van der Waals surface area contributed by atoms with Crippen molar-refractivity contribution in [2.75, 3.05) is 29.2 Å². The molecule has 3 rings (SSSR count). The molecule has 0 bridgehead atoms. The Hall–Kier alpha value is -2.60. The molecule has 1 N–H and O–H groups in total. The average Bonchev–Trinajstić information content (AvgIpc) is 3.16. The fourth-order valence-electron chi connectivity index (χ4n) is 2.88. The fraction of sp³-hybridized carbons (Fsp3) is 0.500. The van der Waals surface area contributed by atoms with Gasteiger partial charge in [-0.05, 0) is 37.8 Å². The number of aromatic nitrogens is 3. The molecule has 27 heavy (non-hydrogen) atoms. The lowest BCUT2D eigenvalue weighted by atomic mass is 10.2. The minimum atomic E-state index is -0.228. The summed E-state index contributed by atoms with van der Waals surface area (Å²) < 4.78 is 5.20. The number of amides is 1. The molecule has 1 saturated heterocycles. The Labute approximate surface area is 162 Å². The molecular weight excluding hydrogens is 364 g/mol. The van der Waals surface area contributed by atoms with Gasteiger partial charge in [0.15, 0.2) is 0 Å². The summed E-state index contributed by atoms with van der Waals surface area (Å²) in [6.07, 6.45) is 6.99. The Kier molecular flexibility index (Phi) is 6.65. The predicted molar refractivity (Wildman–Crippen MR) is 101 cm³/mol. The fourth-order valence-corrected chi connectivity index (χ4v) is 3.68. The number of nitriles is 1. The molecule has 2 aromatic rings. The number of carbonyl (C=O) groups is 1. The molecule has 8 nitrogen and oxygen atoms in total. The summed E-state index contributed by atoms with van der Waals surface area (Å²) >= 11 is 1.25. The summed E-state index contributed by atoms with van der Waals surface area (Å²) in [6.45, 7) is 3.93. The van der Waals surface area contributed by atoms with Gasteiger partial charge in [0.05, 0.1) is 29.2 Å². The number of nitrogens with zero attached hydrogens (tertiary/aromatic N) is 5. The minimum Gasteiger partial charge on any atom is -0.288 e. The smallest absolute Gasteiger partial charge is 0.288 e. The van der Waals surface area contributed by atoms with Crippen molar-refractivity contribution in [3.63, 3.8) is 0 Å². The third kappa shape index (κ3) is 5.20. The Morgan fingerprint density at radius 2 is 2.22 bits per heavy atom. The zero-order valence-corrected chi connectivity index (χ0v) is 16.2. The number of piperidine rings is 1. The molecule has 142 valence electrons. The van der Waals surface area contributed by atoms with Gasteiger partial charge in [-0.15, -0.1) is 0 Å². The maximum absolute atomic E-state index is 12.2. The summed E-state index contributed by atoms with van der Waals surface area (Å²) in [5, 5.41) is 18.6. The summed E-state index contributed by atoms with van der Waals surface area (Å²) in [6, 6.07) is 5.75. The first-order valence-corrected chi connectivity index (χ1v) is 10.1. The van der Waals surface area contributed by atoms with Gasteiger partial charge in [0.1, 0.15) is 11.1 Å². The van der Waals surface area contributed by atoms with Crippen LogP contribution in [-0.4, -0.2) is 35.0 Å². The van der Waals surface area contributed by atoms with Crippen LogP contribution in [-0.2, 0) is 11.2 Å². The zero-order valence-electron chi connectivity index (χ0n) is 15.3. The zero-order chi connectivity index (χ0) is 19.1. The second kappa shape index (κ2) is 9.37. The topological polar surface area (TPSA) is 98.9 Å². The number of nitrogens with one attached hydrogen (secondary N) is 1. The van der Waals surface area contributed by atoms with Gasteiger partial charge in [0, 0.05) is 5.69 Å². The third-order valence-corrected chi connectivity index (χ3v) is 5.22. The van der Waals surface area contributed by atoms with Crippen LogP contribution in [0.5, 0.6) is 0 Å². The van der Waals surface area contributed by atoms with E-state index in [1.54, 1.807) is 17.1 Å². The van der Waals surface area contributed by atoms with Gasteiger partial charge in [-0.1, -0.05) is 25.1 Å². The number of hydrogen-bond acceptors (Lipinski definition) is 7. The van der Waals surface area contributed by atoms with Crippen LogP contribution < -0.4 is 15.1 Å². The highest BCUT2D eigenvalue weighted by molar-refractivity contribution is 8.00. The highest BCUT2D eigenvalue weighted by atomic mass is 32.2. The summed E-state index contributed by atoms with van der Waals surface area (Å²) in [7, 11) is 0. The number of pyridine rings is 1. The molecule has 1 fully saturated rings. The van der Waals surface area contributed by atoms with Gasteiger partial charge < -0.3 is 0 Å². The molecule has 1 aliphatic rings. The average molecular weight is 387 g/mol. The SMILES string of the molecule is CCCc1ccc(C#N)c(SCC(=O)Nc2c[n+](N3CCCCC3)no2)n1. The molecule has 0 unspecified atom stereocenters. The summed E-state index contributed by atoms with van der Waals surface area (Å²) in [5.41, 5.74) is 1.41. The third-order valence-electron chi connectivity index (χ3n) is 4.22. The second-order valence-corrected chi connectivity index (χ2v) is 7.32.